The first kappa shape index (κ1) is 12.2. The molecule has 96 valence electrons. The normalized spacial score (nSPS) is 26.4. The topological polar surface area (TPSA) is 32.3 Å². The highest BCUT2D eigenvalue weighted by atomic mass is 79.9. The van der Waals surface area contributed by atoms with Crippen molar-refractivity contribution in [2.75, 3.05) is 19.6 Å². The van der Waals surface area contributed by atoms with E-state index in [1.54, 1.807) is 0 Å². The van der Waals surface area contributed by atoms with E-state index < -0.39 is 0 Å². The number of nitrogens with one attached hydrogen (secondary N) is 1. The quantitative estimate of drug-likeness (QED) is 0.862. The highest BCUT2D eigenvalue weighted by molar-refractivity contribution is 9.10. The van der Waals surface area contributed by atoms with Crippen LogP contribution in [0.5, 0.6) is 0 Å². The van der Waals surface area contributed by atoms with E-state index in [1.807, 2.05) is 25.1 Å². The van der Waals surface area contributed by atoms with Crippen LogP contribution in [0.1, 0.15) is 22.3 Å². The van der Waals surface area contributed by atoms with Gasteiger partial charge in [-0.3, -0.25) is 4.79 Å². The number of fused-ring (bicyclic) bond motifs is 1. The molecular formula is C14H17BrN2O. The number of carbonyl (C=O) groups excluding carboxylic acids is 1. The summed E-state index contributed by atoms with van der Waals surface area (Å²) in [6.07, 6.45) is 1.14. The Balaban J connectivity index is 1.86. The third-order valence-electron chi connectivity index (χ3n) is 4.13. The Bertz CT molecular complexity index is 489. The molecule has 0 spiro atoms. The zero-order valence-corrected chi connectivity index (χ0v) is 12.0. The highest BCUT2D eigenvalue weighted by Crippen LogP contribution is 2.29. The molecule has 0 bridgehead atoms. The van der Waals surface area contributed by atoms with Gasteiger partial charge in [0, 0.05) is 35.7 Å². The average molecular weight is 309 g/mol. The molecule has 0 aliphatic carbocycles. The summed E-state index contributed by atoms with van der Waals surface area (Å²) in [4.78, 5) is 14.7. The summed E-state index contributed by atoms with van der Waals surface area (Å²) >= 11 is 3.44. The molecule has 1 amide bonds. The number of hydrogen-bond donors (Lipinski definition) is 1. The lowest BCUT2D eigenvalue weighted by Gasteiger charge is -2.24. The largest absolute Gasteiger partial charge is 0.334 e. The van der Waals surface area contributed by atoms with Crippen LogP contribution >= 0.6 is 15.9 Å². The average Bonchev–Trinajstić information content (AvgIpc) is 2.89. The number of carbonyl (C=O) groups is 1. The van der Waals surface area contributed by atoms with E-state index in [9.17, 15) is 4.79 Å². The van der Waals surface area contributed by atoms with Crippen LogP contribution in [0.25, 0.3) is 0 Å². The van der Waals surface area contributed by atoms with Gasteiger partial charge < -0.3 is 10.2 Å². The molecule has 2 aliphatic rings. The van der Waals surface area contributed by atoms with Crippen molar-refractivity contribution in [3.05, 3.63) is 33.8 Å². The molecule has 0 radical (unpaired) electrons. The van der Waals surface area contributed by atoms with Crippen LogP contribution in [0.15, 0.2) is 22.7 Å². The molecule has 2 heterocycles. The Hall–Kier alpha value is -0.870. The van der Waals surface area contributed by atoms with E-state index in [-0.39, 0.29) is 5.91 Å². The van der Waals surface area contributed by atoms with E-state index in [1.165, 1.54) is 0 Å². The van der Waals surface area contributed by atoms with Gasteiger partial charge in [0.2, 0.25) is 0 Å². The second-order valence-electron chi connectivity index (χ2n) is 5.23. The van der Waals surface area contributed by atoms with Crippen molar-refractivity contribution in [1.82, 2.24) is 10.2 Å². The summed E-state index contributed by atoms with van der Waals surface area (Å²) in [5.74, 6) is 0.848. The maximum absolute atomic E-state index is 12.6. The lowest BCUT2D eigenvalue weighted by atomic mass is 10.0. The lowest BCUT2D eigenvalue weighted by molar-refractivity contribution is 0.0736. The predicted molar refractivity (Wildman–Crippen MR) is 74.7 cm³/mol. The minimum absolute atomic E-state index is 0.191. The van der Waals surface area contributed by atoms with Crippen LogP contribution in [0.4, 0.5) is 0 Å². The SMILES string of the molecule is Cc1cc(Br)ccc1C(=O)N1CC[C@@H]2CNC[C@@H]21. The number of halogens is 1. The molecule has 1 N–H and O–H groups in total. The summed E-state index contributed by atoms with van der Waals surface area (Å²) < 4.78 is 1.03. The summed E-state index contributed by atoms with van der Waals surface area (Å²) in [7, 11) is 0. The Kier molecular flexibility index (Phi) is 3.16. The summed E-state index contributed by atoms with van der Waals surface area (Å²) in [6, 6.07) is 6.28. The zero-order chi connectivity index (χ0) is 12.7. The van der Waals surface area contributed by atoms with Crippen molar-refractivity contribution in [1.29, 1.82) is 0 Å². The molecule has 4 heteroatoms. The smallest absolute Gasteiger partial charge is 0.254 e. The number of likely N-dealkylation sites (tertiary alicyclic amines) is 1. The van der Waals surface area contributed by atoms with Gasteiger partial charge in [0.05, 0.1) is 0 Å². The Morgan fingerprint density at radius 3 is 3.06 bits per heavy atom. The fourth-order valence-corrected chi connectivity index (χ4v) is 3.60. The maximum atomic E-state index is 12.6. The van der Waals surface area contributed by atoms with Gasteiger partial charge in [-0.2, -0.15) is 0 Å². The minimum atomic E-state index is 0.191. The Labute approximate surface area is 116 Å². The molecular weight excluding hydrogens is 292 g/mol. The van der Waals surface area contributed by atoms with E-state index in [4.69, 9.17) is 0 Å². The third kappa shape index (κ3) is 1.97. The third-order valence-corrected chi connectivity index (χ3v) is 4.62. The van der Waals surface area contributed by atoms with E-state index >= 15 is 0 Å². The number of nitrogens with zero attached hydrogens (tertiary/aromatic N) is 1. The maximum Gasteiger partial charge on any atom is 0.254 e. The standard InChI is InChI=1S/C14H17BrN2O/c1-9-6-11(15)2-3-12(9)14(18)17-5-4-10-7-16-8-13(10)17/h2-3,6,10,13,16H,4-5,7-8H2,1H3/t10-,13+/m1/s1. The van der Waals surface area contributed by atoms with Crippen molar-refractivity contribution < 1.29 is 4.79 Å². The van der Waals surface area contributed by atoms with Crippen LogP contribution < -0.4 is 5.32 Å². The Morgan fingerprint density at radius 1 is 1.44 bits per heavy atom. The fourth-order valence-electron chi connectivity index (χ4n) is 3.12. The molecule has 18 heavy (non-hydrogen) atoms. The van der Waals surface area contributed by atoms with Crippen molar-refractivity contribution in [3.8, 4) is 0 Å². The highest BCUT2D eigenvalue weighted by Gasteiger charge is 2.40. The number of aryl methyl sites for hydroxylation is 1. The van der Waals surface area contributed by atoms with Gasteiger partial charge in [0.15, 0.2) is 0 Å². The van der Waals surface area contributed by atoms with Gasteiger partial charge in [0.25, 0.3) is 5.91 Å². The van der Waals surface area contributed by atoms with Gasteiger partial charge in [0.1, 0.15) is 0 Å². The van der Waals surface area contributed by atoms with Crippen molar-refractivity contribution in [2.45, 2.75) is 19.4 Å². The van der Waals surface area contributed by atoms with Gasteiger partial charge in [-0.1, -0.05) is 15.9 Å². The first-order valence-electron chi connectivity index (χ1n) is 6.44. The van der Waals surface area contributed by atoms with E-state index in [0.29, 0.717) is 12.0 Å². The Morgan fingerprint density at radius 2 is 2.28 bits per heavy atom. The first-order valence-corrected chi connectivity index (χ1v) is 7.24. The number of benzene rings is 1. The molecule has 3 rings (SSSR count). The number of amides is 1. The molecule has 0 saturated carbocycles. The molecule has 2 fully saturated rings. The second-order valence-corrected chi connectivity index (χ2v) is 6.15. The summed E-state index contributed by atoms with van der Waals surface area (Å²) in [5.41, 5.74) is 1.88. The predicted octanol–water partition coefficient (Wildman–Crippen LogP) is 2.19. The fraction of sp³-hybridized carbons (Fsp3) is 0.500. The molecule has 2 aliphatic heterocycles. The van der Waals surface area contributed by atoms with Crippen LogP contribution in [-0.4, -0.2) is 36.5 Å². The lowest BCUT2D eigenvalue weighted by Crippen LogP contribution is -2.39. The van der Waals surface area contributed by atoms with Crippen molar-refractivity contribution in [3.63, 3.8) is 0 Å². The van der Waals surface area contributed by atoms with Crippen LogP contribution in [-0.2, 0) is 0 Å². The minimum Gasteiger partial charge on any atom is -0.334 e. The van der Waals surface area contributed by atoms with Gasteiger partial charge in [-0.15, -0.1) is 0 Å². The van der Waals surface area contributed by atoms with Gasteiger partial charge >= 0.3 is 0 Å². The van der Waals surface area contributed by atoms with Crippen LogP contribution in [0.3, 0.4) is 0 Å². The number of rotatable bonds is 1. The molecule has 1 aromatic carbocycles. The molecule has 2 atom stereocenters. The molecule has 1 aromatic rings. The molecule has 0 unspecified atom stereocenters. The summed E-state index contributed by atoms with van der Waals surface area (Å²) in [5, 5.41) is 3.38. The van der Waals surface area contributed by atoms with E-state index in [0.717, 1.165) is 41.7 Å². The van der Waals surface area contributed by atoms with Gasteiger partial charge in [-0.25, -0.2) is 0 Å². The molecule has 0 aromatic heterocycles. The van der Waals surface area contributed by atoms with Crippen LogP contribution in [0, 0.1) is 12.8 Å². The second kappa shape index (κ2) is 4.67. The van der Waals surface area contributed by atoms with Crippen molar-refractivity contribution in [2.24, 2.45) is 5.92 Å². The van der Waals surface area contributed by atoms with Crippen LogP contribution in [0.2, 0.25) is 0 Å². The monoisotopic (exact) mass is 308 g/mol. The first-order chi connectivity index (χ1) is 8.66. The van der Waals surface area contributed by atoms with Gasteiger partial charge in [-0.05, 0) is 43.0 Å². The van der Waals surface area contributed by atoms with E-state index in [2.05, 4.69) is 26.1 Å². The molecule has 2 saturated heterocycles. The van der Waals surface area contributed by atoms with Crippen molar-refractivity contribution >= 4 is 21.8 Å². The molecule has 3 nitrogen and oxygen atoms in total. The number of hydrogen-bond acceptors (Lipinski definition) is 2. The zero-order valence-electron chi connectivity index (χ0n) is 10.4. The summed E-state index contributed by atoms with van der Waals surface area (Å²) in [6.45, 7) is 4.92.